The summed E-state index contributed by atoms with van der Waals surface area (Å²) in [7, 11) is 0. The van der Waals surface area contributed by atoms with Crippen LogP contribution in [0.4, 0.5) is 11.4 Å². The molecule has 2 rings (SSSR count). The normalized spacial score (nSPS) is 10.1. The highest BCUT2D eigenvalue weighted by Gasteiger charge is 2.11. The number of esters is 1. The molecule has 0 fully saturated rings. The minimum absolute atomic E-state index is 0.259. The van der Waals surface area contributed by atoms with Gasteiger partial charge in [-0.1, -0.05) is 0 Å². The monoisotopic (exact) mass is 345 g/mol. The molecule has 0 atom stereocenters. The Kier molecular flexibility index (Phi) is 5.62. The molecule has 0 aliphatic carbocycles. The van der Waals surface area contributed by atoms with E-state index in [2.05, 4.69) is 5.32 Å². The maximum absolute atomic E-state index is 12.0. The fourth-order valence-corrected chi connectivity index (χ4v) is 2.01. The van der Waals surface area contributed by atoms with Crippen molar-refractivity contribution >= 4 is 23.3 Å². The maximum Gasteiger partial charge on any atom is 0.338 e. The lowest BCUT2D eigenvalue weighted by molar-refractivity contribution is -0.385. The lowest BCUT2D eigenvalue weighted by atomic mass is 10.2. The molecule has 1 aromatic carbocycles. The first kappa shape index (κ1) is 17.9. The average molecular weight is 345 g/mol. The van der Waals surface area contributed by atoms with Crippen molar-refractivity contribution in [3.05, 3.63) is 68.6 Å². The number of ether oxygens (including phenoxy) is 1. The van der Waals surface area contributed by atoms with Gasteiger partial charge in [0.1, 0.15) is 6.54 Å². The van der Waals surface area contributed by atoms with Gasteiger partial charge < -0.3 is 10.1 Å². The standard InChI is InChI=1S/C16H15N3O6/c1-2-25-16(22)11-3-5-12(6-4-11)17-14(20)10-18-9-13(19(23)24)7-8-15(18)21/h3-9H,2,10H2,1H3,(H,17,20). The van der Waals surface area contributed by atoms with Crippen molar-refractivity contribution in [2.45, 2.75) is 13.5 Å². The third-order valence-electron chi connectivity index (χ3n) is 3.17. The van der Waals surface area contributed by atoms with Gasteiger partial charge in [-0.15, -0.1) is 0 Å². The first-order valence-corrected chi connectivity index (χ1v) is 7.32. The number of nitrogens with zero attached hydrogens (tertiary/aromatic N) is 2. The van der Waals surface area contributed by atoms with E-state index in [-0.39, 0.29) is 18.8 Å². The number of nitro groups is 1. The lowest BCUT2D eigenvalue weighted by Gasteiger charge is -2.08. The first-order chi connectivity index (χ1) is 11.9. The molecule has 25 heavy (non-hydrogen) atoms. The van der Waals surface area contributed by atoms with Gasteiger partial charge in [0.05, 0.1) is 23.3 Å². The van der Waals surface area contributed by atoms with Crippen molar-refractivity contribution in [2.75, 3.05) is 11.9 Å². The number of rotatable bonds is 6. The van der Waals surface area contributed by atoms with Gasteiger partial charge in [0.2, 0.25) is 5.91 Å². The Balaban J connectivity index is 2.05. The summed E-state index contributed by atoms with van der Waals surface area (Å²) in [6.07, 6.45) is 1.01. The summed E-state index contributed by atoms with van der Waals surface area (Å²) in [4.78, 5) is 45.3. The molecular formula is C16H15N3O6. The third kappa shape index (κ3) is 4.74. The van der Waals surface area contributed by atoms with Crippen molar-refractivity contribution in [3.63, 3.8) is 0 Å². The smallest absolute Gasteiger partial charge is 0.338 e. The lowest BCUT2D eigenvalue weighted by Crippen LogP contribution is -2.27. The SMILES string of the molecule is CCOC(=O)c1ccc(NC(=O)Cn2cc([N+](=O)[O-])ccc2=O)cc1. The molecule has 2 aromatic rings. The average Bonchev–Trinajstić information content (AvgIpc) is 2.57. The summed E-state index contributed by atoms with van der Waals surface area (Å²) in [5.74, 6) is -1.00. The predicted molar refractivity (Wildman–Crippen MR) is 88.4 cm³/mol. The number of aromatic nitrogens is 1. The number of carbonyl (C=O) groups is 2. The van der Waals surface area contributed by atoms with Crippen molar-refractivity contribution in [3.8, 4) is 0 Å². The minimum Gasteiger partial charge on any atom is -0.462 e. The third-order valence-corrected chi connectivity index (χ3v) is 3.17. The Morgan fingerprint density at radius 2 is 1.88 bits per heavy atom. The maximum atomic E-state index is 12.0. The number of nitrogens with one attached hydrogen (secondary N) is 1. The van der Waals surface area contributed by atoms with Crippen LogP contribution in [0.1, 0.15) is 17.3 Å². The van der Waals surface area contributed by atoms with Gasteiger partial charge in [0.15, 0.2) is 0 Å². The summed E-state index contributed by atoms with van der Waals surface area (Å²) in [6, 6.07) is 8.12. The van der Waals surface area contributed by atoms with E-state index in [4.69, 9.17) is 4.74 Å². The van der Waals surface area contributed by atoms with E-state index in [0.717, 1.165) is 22.9 Å². The zero-order valence-electron chi connectivity index (χ0n) is 13.3. The Labute approximate surface area is 142 Å². The van der Waals surface area contributed by atoms with Crippen LogP contribution in [-0.4, -0.2) is 28.0 Å². The van der Waals surface area contributed by atoms with Gasteiger partial charge in [-0.05, 0) is 31.2 Å². The molecular weight excluding hydrogens is 330 g/mol. The number of amides is 1. The van der Waals surface area contributed by atoms with Crippen molar-refractivity contribution in [1.82, 2.24) is 4.57 Å². The van der Waals surface area contributed by atoms with Gasteiger partial charge in [-0.3, -0.25) is 24.3 Å². The Morgan fingerprint density at radius 1 is 1.20 bits per heavy atom. The zero-order valence-corrected chi connectivity index (χ0v) is 13.3. The first-order valence-electron chi connectivity index (χ1n) is 7.32. The van der Waals surface area contributed by atoms with E-state index in [9.17, 15) is 24.5 Å². The van der Waals surface area contributed by atoms with Gasteiger partial charge in [-0.2, -0.15) is 0 Å². The molecule has 1 N–H and O–H groups in total. The molecule has 0 saturated heterocycles. The van der Waals surface area contributed by atoms with Crippen LogP contribution in [0.3, 0.4) is 0 Å². The molecule has 9 nitrogen and oxygen atoms in total. The fourth-order valence-electron chi connectivity index (χ4n) is 2.01. The van der Waals surface area contributed by atoms with Crippen molar-refractivity contribution in [1.29, 1.82) is 0 Å². The molecule has 0 unspecified atom stereocenters. The summed E-state index contributed by atoms with van der Waals surface area (Å²) in [5, 5.41) is 13.3. The molecule has 1 heterocycles. The molecule has 0 aliphatic rings. The van der Waals surface area contributed by atoms with Crippen LogP contribution in [0.25, 0.3) is 0 Å². The molecule has 0 radical (unpaired) electrons. The predicted octanol–water partition coefficient (Wildman–Crippen LogP) is 1.57. The van der Waals surface area contributed by atoms with E-state index in [1.807, 2.05) is 0 Å². The highest BCUT2D eigenvalue weighted by Crippen LogP contribution is 2.11. The van der Waals surface area contributed by atoms with Gasteiger partial charge >= 0.3 is 5.97 Å². The van der Waals surface area contributed by atoms with Crippen molar-refractivity contribution in [2.24, 2.45) is 0 Å². The second kappa shape index (κ2) is 7.86. The number of carbonyl (C=O) groups excluding carboxylic acids is 2. The van der Waals surface area contributed by atoms with Crippen LogP contribution in [0, 0.1) is 10.1 Å². The molecule has 0 saturated carbocycles. The van der Waals surface area contributed by atoms with Crippen LogP contribution in [0.15, 0.2) is 47.4 Å². The van der Waals surface area contributed by atoms with E-state index < -0.39 is 22.4 Å². The highest BCUT2D eigenvalue weighted by molar-refractivity contribution is 5.93. The number of hydrogen-bond acceptors (Lipinski definition) is 6. The van der Waals surface area contributed by atoms with Crippen LogP contribution in [-0.2, 0) is 16.1 Å². The number of pyridine rings is 1. The Bertz CT molecular complexity index is 857. The minimum atomic E-state index is -0.651. The second-order valence-electron chi connectivity index (χ2n) is 4.96. The zero-order chi connectivity index (χ0) is 18.4. The van der Waals surface area contributed by atoms with Crippen LogP contribution >= 0.6 is 0 Å². The van der Waals surface area contributed by atoms with Crippen molar-refractivity contribution < 1.29 is 19.2 Å². The van der Waals surface area contributed by atoms with Gasteiger partial charge in [-0.25, -0.2) is 4.79 Å². The van der Waals surface area contributed by atoms with E-state index in [1.54, 1.807) is 6.92 Å². The fraction of sp³-hybridized carbons (Fsp3) is 0.188. The van der Waals surface area contributed by atoms with Gasteiger partial charge in [0, 0.05) is 17.8 Å². The molecule has 9 heteroatoms. The molecule has 0 aliphatic heterocycles. The second-order valence-corrected chi connectivity index (χ2v) is 4.96. The van der Waals surface area contributed by atoms with Crippen LogP contribution < -0.4 is 10.9 Å². The highest BCUT2D eigenvalue weighted by atomic mass is 16.6. The topological polar surface area (TPSA) is 121 Å². The molecule has 130 valence electrons. The summed E-state index contributed by atoms with van der Waals surface area (Å²) in [5.41, 5.74) is -0.0594. The van der Waals surface area contributed by atoms with Crippen LogP contribution in [0.2, 0.25) is 0 Å². The summed E-state index contributed by atoms with van der Waals surface area (Å²) < 4.78 is 5.80. The van der Waals surface area contributed by atoms with E-state index in [1.165, 1.54) is 24.3 Å². The number of anilines is 1. The van der Waals surface area contributed by atoms with Crippen LogP contribution in [0.5, 0.6) is 0 Å². The molecule has 1 amide bonds. The summed E-state index contributed by atoms with van der Waals surface area (Å²) in [6.45, 7) is 1.58. The molecule has 0 bridgehead atoms. The van der Waals surface area contributed by atoms with Gasteiger partial charge in [0.25, 0.3) is 11.2 Å². The summed E-state index contributed by atoms with van der Waals surface area (Å²) >= 11 is 0. The van der Waals surface area contributed by atoms with E-state index >= 15 is 0 Å². The molecule has 1 aromatic heterocycles. The molecule has 0 spiro atoms. The Morgan fingerprint density at radius 3 is 2.48 bits per heavy atom. The number of hydrogen-bond donors (Lipinski definition) is 1. The Hall–Kier alpha value is -3.49. The van der Waals surface area contributed by atoms with E-state index in [0.29, 0.717) is 11.3 Å². The number of benzene rings is 1. The quantitative estimate of drug-likeness (QED) is 0.482. The largest absolute Gasteiger partial charge is 0.462 e.